The lowest BCUT2D eigenvalue weighted by Crippen LogP contribution is -2.16. The molecule has 13 heavy (non-hydrogen) atoms. The Labute approximate surface area is 85.6 Å². The second kappa shape index (κ2) is 6.34. The van der Waals surface area contributed by atoms with Gasteiger partial charge < -0.3 is 4.74 Å². The molecule has 0 aromatic carbocycles. The van der Waals surface area contributed by atoms with Gasteiger partial charge in [-0.15, -0.1) is 0 Å². The van der Waals surface area contributed by atoms with E-state index in [1.54, 1.807) is 0 Å². The van der Waals surface area contributed by atoms with Gasteiger partial charge in [0.15, 0.2) is 0 Å². The molecule has 1 rings (SSSR count). The van der Waals surface area contributed by atoms with Crippen molar-refractivity contribution in [2.45, 2.75) is 32.0 Å². The third-order valence-electron chi connectivity index (χ3n) is 1.64. The normalized spacial score (nSPS) is 21.8. The highest BCUT2D eigenvalue weighted by Gasteiger charge is 2.20. The maximum Gasteiger partial charge on any atom is 0.308 e. The Hall–Kier alpha value is -0.130. The van der Waals surface area contributed by atoms with E-state index < -0.39 is 6.29 Å². The molecule has 0 spiro atoms. The number of unbranched alkanes of at least 4 members (excludes halogenated alkanes) is 1. The molecular weight excluding hydrogens is 240 g/mol. The van der Waals surface area contributed by atoms with Gasteiger partial charge in [-0.05, 0) is 12.8 Å². The van der Waals surface area contributed by atoms with Crippen molar-refractivity contribution in [2.24, 2.45) is 0 Å². The fourth-order valence-electron chi connectivity index (χ4n) is 0.964. The number of hydrogen-bond donors (Lipinski definition) is 0. The second-order valence-electron chi connectivity index (χ2n) is 2.77. The maximum absolute atomic E-state index is 11.1. The van der Waals surface area contributed by atoms with Crippen molar-refractivity contribution in [3.8, 4) is 0 Å². The summed E-state index contributed by atoms with van der Waals surface area (Å²) in [7, 11) is 0. The maximum atomic E-state index is 11.1. The summed E-state index contributed by atoms with van der Waals surface area (Å²) in [6.07, 6.45) is 2.42. The Morgan fingerprint density at radius 1 is 1.54 bits per heavy atom. The molecule has 76 valence electrons. The summed E-state index contributed by atoms with van der Waals surface area (Å²) in [5.74, 6) is -0.212. The van der Waals surface area contributed by atoms with Crippen LogP contribution in [0.1, 0.15) is 25.7 Å². The van der Waals surface area contributed by atoms with Gasteiger partial charge in [-0.3, -0.25) is 4.79 Å². The molecule has 4 nitrogen and oxygen atoms in total. The van der Waals surface area contributed by atoms with E-state index >= 15 is 0 Å². The quantitative estimate of drug-likeness (QED) is 0.324. The first-order valence-corrected chi connectivity index (χ1v) is 5.49. The molecule has 0 amide bonds. The van der Waals surface area contributed by atoms with E-state index in [2.05, 4.69) is 25.7 Å². The van der Waals surface area contributed by atoms with Gasteiger partial charge in [0.05, 0.1) is 6.61 Å². The van der Waals surface area contributed by atoms with E-state index in [9.17, 15) is 4.79 Å². The van der Waals surface area contributed by atoms with Crippen LogP contribution in [-0.4, -0.2) is 24.2 Å². The topological polar surface area (TPSA) is 44.8 Å². The zero-order valence-corrected chi connectivity index (χ0v) is 8.92. The molecule has 1 atom stereocenters. The predicted octanol–water partition coefficient (Wildman–Crippen LogP) is 1.77. The van der Waals surface area contributed by atoms with Crippen molar-refractivity contribution in [2.75, 3.05) is 11.9 Å². The summed E-state index contributed by atoms with van der Waals surface area (Å²) in [5, 5.41) is 0.920. The largest absolute Gasteiger partial charge is 0.433 e. The van der Waals surface area contributed by atoms with Gasteiger partial charge in [0.1, 0.15) is 0 Å². The average molecular weight is 253 g/mol. The summed E-state index contributed by atoms with van der Waals surface area (Å²) in [6.45, 7) is 0.499. The van der Waals surface area contributed by atoms with Crippen LogP contribution in [0, 0.1) is 0 Å². The van der Waals surface area contributed by atoms with Crippen LogP contribution in [0.5, 0.6) is 0 Å². The predicted molar refractivity (Wildman–Crippen MR) is 49.2 cm³/mol. The first-order chi connectivity index (χ1) is 6.33. The van der Waals surface area contributed by atoms with Crippen LogP contribution >= 0.6 is 15.9 Å². The molecule has 0 aromatic rings. The number of alkyl halides is 1. The van der Waals surface area contributed by atoms with Crippen molar-refractivity contribution >= 4 is 21.9 Å². The number of carbonyl (C=O) groups is 1. The van der Waals surface area contributed by atoms with Gasteiger partial charge in [0, 0.05) is 18.2 Å². The SMILES string of the molecule is O=C(CCCCBr)OC1CCOO1. The van der Waals surface area contributed by atoms with E-state index in [1.165, 1.54) is 0 Å². The summed E-state index contributed by atoms with van der Waals surface area (Å²) in [6, 6.07) is 0. The highest BCUT2D eigenvalue weighted by molar-refractivity contribution is 9.09. The van der Waals surface area contributed by atoms with E-state index in [0.29, 0.717) is 19.4 Å². The minimum absolute atomic E-state index is 0.212. The van der Waals surface area contributed by atoms with Crippen LogP contribution in [0.4, 0.5) is 0 Å². The van der Waals surface area contributed by atoms with E-state index in [1.807, 2.05) is 0 Å². The van der Waals surface area contributed by atoms with E-state index in [-0.39, 0.29) is 5.97 Å². The minimum atomic E-state index is -0.489. The average Bonchev–Trinajstić information content (AvgIpc) is 2.57. The van der Waals surface area contributed by atoms with Crippen LogP contribution in [0.2, 0.25) is 0 Å². The standard InChI is InChI=1S/C8H13BrO4/c9-5-2-1-3-7(10)12-8-4-6-11-13-8/h8H,1-6H2. The Balaban J connectivity index is 2.02. The monoisotopic (exact) mass is 252 g/mol. The number of esters is 1. The molecule has 1 fully saturated rings. The molecule has 5 heteroatoms. The smallest absolute Gasteiger partial charge is 0.308 e. The third kappa shape index (κ3) is 4.59. The molecule has 1 unspecified atom stereocenters. The first kappa shape index (κ1) is 10.9. The minimum Gasteiger partial charge on any atom is -0.433 e. The molecule has 1 aliphatic rings. The lowest BCUT2D eigenvalue weighted by Gasteiger charge is -2.08. The van der Waals surface area contributed by atoms with Gasteiger partial charge >= 0.3 is 5.97 Å². The zero-order chi connectivity index (χ0) is 9.52. The third-order valence-corrected chi connectivity index (χ3v) is 2.20. The van der Waals surface area contributed by atoms with Gasteiger partial charge in [0.25, 0.3) is 0 Å². The van der Waals surface area contributed by atoms with Crippen LogP contribution in [-0.2, 0) is 19.3 Å². The van der Waals surface area contributed by atoms with Crippen molar-refractivity contribution in [3.63, 3.8) is 0 Å². The number of rotatable bonds is 5. The number of halogens is 1. The molecule has 0 saturated carbocycles. The fourth-order valence-corrected chi connectivity index (χ4v) is 1.36. The van der Waals surface area contributed by atoms with Crippen molar-refractivity contribution < 1.29 is 19.3 Å². The Morgan fingerprint density at radius 2 is 2.38 bits per heavy atom. The van der Waals surface area contributed by atoms with Gasteiger partial charge in [-0.1, -0.05) is 15.9 Å². The zero-order valence-electron chi connectivity index (χ0n) is 7.33. The summed E-state index contributed by atoms with van der Waals surface area (Å²) < 4.78 is 4.96. The van der Waals surface area contributed by atoms with Gasteiger partial charge in [-0.25, -0.2) is 4.89 Å². The Bertz CT molecular complexity index is 156. The molecule has 0 radical (unpaired) electrons. The van der Waals surface area contributed by atoms with Crippen molar-refractivity contribution in [1.29, 1.82) is 0 Å². The second-order valence-corrected chi connectivity index (χ2v) is 3.57. The van der Waals surface area contributed by atoms with Crippen LogP contribution in [0.25, 0.3) is 0 Å². The summed E-state index contributed by atoms with van der Waals surface area (Å²) >= 11 is 3.29. The first-order valence-electron chi connectivity index (χ1n) is 4.36. The summed E-state index contributed by atoms with van der Waals surface area (Å²) in [5.41, 5.74) is 0. The van der Waals surface area contributed by atoms with Crippen molar-refractivity contribution in [3.05, 3.63) is 0 Å². The summed E-state index contributed by atoms with van der Waals surface area (Å²) in [4.78, 5) is 20.4. The number of ether oxygens (including phenoxy) is 1. The van der Waals surface area contributed by atoms with Crippen LogP contribution in [0.15, 0.2) is 0 Å². The lowest BCUT2D eigenvalue weighted by atomic mass is 10.2. The molecule has 1 saturated heterocycles. The van der Waals surface area contributed by atoms with Crippen LogP contribution < -0.4 is 0 Å². The number of carbonyl (C=O) groups excluding carboxylic acids is 1. The van der Waals surface area contributed by atoms with E-state index in [0.717, 1.165) is 18.2 Å². The molecule has 1 heterocycles. The van der Waals surface area contributed by atoms with Crippen molar-refractivity contribution in [1.82, 2.24) is 0 Å². The molecule has 0 N–H and O–H groups in total. The molecule has 0 bridgehead atoms. The number of hydrogen-bond acceptors (Lipinski definition) is 4. The molecule has 0 aliphatic carbocycles. The molecular formula is C8H13BrO4. The molecule has 0 aromatic heterocycles. The Morgan fingerprint density at radius 3 is 3.00 bits per heavy atom. The fraction of sp³-hybridized carbons (Fsp3) is 0.875. The highest BCUT2D eigenvalue weighted by Crippen LogP contribution is 2.11. The highest BCUT2D eigenvalue weighted by atomic mass is 79.9. The van der Waals surface area contributed by atoms with Gasteiger partial charge in [-0.2, -0.15) is 4.89 Å². The molecule has 1 aliphatic heterocycles. The lowest BCUT2D eigenvalue weighted by molar-refractivity contribution is -0.320. The van der Waals surface area contributed by atoms with E-state index in [4.69, 9.17) is 4.74 Å². The van der Waals surface area contributed by atoms with Gasteiger partial charge in [0.2, 0.25) is 6.29 Å². The van der Waals surface area contributed by atoms with Crippen LogP contribution in [0.3, 0.4) is 0 Å². The Kier molecular flexibility index (Phi) is 5.34.